The van der Waals surface area contributed by atoms with Crippen LogP contribution in [0.4, 0.5) is 0 Å². The molecule has 0 spiro atoms. The van der Waals surface area contributed by atoms with Gasteiger partial charge in [0, 0.05) is 25.5 Å². The predicted molar refractivity (Wildman–Crippen MR) is 40.0 cm³/mol. The summed E-state index contributed by atoms with van der Waals surface area (Å²) in [6.45, 7) is 2.46. The lowest BCUT2D eigenvalue weighted by Gasteiger charge is -2.23. The molecule has 0 bridgehead atoms. The van der Waals surface area contributed by atoms with Gasteiger partial charge in [0.25, 0.3) is 0 Å². The highest BCUT2D eigenvalue weighted by atomic mass is 15.4. The van der Waals surface area contributed by atoms with Crippen LogP contribution in [0.2, 0.25) is 0 Å². The zero-order chi connectivity index (χ0) is 6.81. The molecule has 0 aromatic heterocycles. The van der Waals surface area contributed by atoms with Gasteiger partial charge in [0.05, 0.1) is 0 Å². The molecule has 2 aliphatic rings. The molecule has 0 aliphatic carbocycles. The zero-order valence-electron chi connectivity index (χ0n) is 6.01. The molecule has 2 aliphatic heterocycles. The Morgan fingerprint density at radius 1 is 1.10 bits per heavy atom. The fourth-order valence-corrected chi connectivity index (χ4v) is 1.54. The molecule has 1 fully saturated rings. The Kier molecular flexibility index (Phi) is 1.51. The van der Waals surface area contributed by atoms with Crippen molar-refractivity contribution in [2.45, 2.75) is 19.1 Å². The number of rotatable bonds is 1. The highest BCUT2D eigenvalue weighted by Crippen LogP contribution is 2.09. The normalized spacial score (nSPS) is 26.8. The SMILES string of the molecule is C1=CNC(N2CCCC2)N1. The van der Waals surface area contributed by atoms with Crippen LogP contribution in [0.1, 0.15) is 12.8 Å². The van der Waals surface area contributed by atoms with Crippen LogP contribution in [0.25, 0.3) is 0 Å². The van der Waals surface area contributed by atoms with E-state index in [2.05, 4.69) is 15.5 Å². The standard InChI is InChI=1S/C7H13N3/c1-2-6-10(5-1)7-8-3-4-9-7/h3-4,7-9H,1-2,5-6H2. The van der Waals surface area contributed by atoms with E-state index in [1.54, 1.807) is 0 Å². The van der Waals surface area contributed by atoms with Gasteiger partial charge < -0.3 is 10.6 Å². The summed E-state index contributed by atoms with van der Waals surface area (Å²) < 4.78 is 0. The summed E-state index contributed by atoms with van der Waals surface area (Å²) in [5.41, 5.74) is 0. The molecule has 0 saturated carbocycles. The zero-order valence-corrected chi connectivity index (χ0v) is 6.01. The van der Waals surface area contributed by atoms with Crippen LogP contribution in [-0.2, 0) is 0 Å². The van der Waals surface area contributed by atoms with Gasteiger partial charge in [-0.1, -0.05) is 0 Å². The first-order valence-corrected chi connectivity index (χ1v) is 3.88. The molecule has 0 unspecified atom stereocenters. The van der Waals surface area contributed by atoms with E-state index in [9.17, 15) is 0 Å². The van der Waals surface area contributed by atoms with Gasteiger partial charge in [-0.2, -0.15) is 0 Å². The fourth-order valence-electron chi connectivity index (χ4n) is 1.54. The summed E-state index contributed by atoms with van der Waals surface area (Å²) in [7, 11) is 0. The van der Waals surface area contributed by atoms with Crippen molar-refractivity contribution in [3.8, 4) is 0 Å². The lowest BCUT2D eigenvalue weighted by Crippen LogP contribution is -2.46. The van der Waals surface area contributed by atoms with Crippen molar-refractivity contribution < 1.29 is 0 Å². The van der Waals surface area contributed by atoms with Gasteiger partial charge in [-0.3, -0.25) is 4.90 Å². The fraction of sp³-hybridized carbons (Fsp3) is 0.714. The minimum absolute atomic E-state index is 0.377. The second-order valence-electron chi connectivity index (χ2n) is 2.81. The molecule has 3 heteroatoms. The first-order chi connectivity index (χ1) is 4.97. The molecule has 2 heterocycles. The highest BCUT2D eigenvalue weighted by molar-refractivity contribution is 4.91. The highest BCUT2D eigenvalue weighted by Gasteiger charge is 2.20. The van der Waals surface area contributed by atoms with Crippen molar-refractivity contribution in [1.29, 1.82) is 0 Å². The van der Waals surface area contributed by atoms with Crippen LogP contribution in [-0.4, -0.2) is 24.3 Å². The molecule has 0 atom stereocenters. The average Bonchev–Trinajstić information content (AvgIpc) is 2.59. The second kappa shape index (κ2) is 2.50. The van der Waals surface area contributed by atoms with Crippen molar-refractivity contribution >= 4 is 0 Å². The van der Waals surface area contributed by atoms with E-state index in [0.29, 0.717) is 6.29 Å². The van der Waals surface area contributed by atoms with Gasteiger partial charge in [-0.25, -0.2) is 0 Å². The molecular weight excluding hydrogens is 126 g/mol. The van der Waals surface area contributed by atoms with Crippen molar-refractivity contribution in [3.05, 3.63) is 12.4 Å². The Morgan fingerprint density at radius 2 is 1.70 bits per heavy atom. The molecular formula is C7H13N3. The first kappa shape index (κ1) is 6.04. The van der Waals surface area contributed by atoms with E-state index in [1.807, 2.05) is 12.4 Å². The van der Waals surface area contributed by atoms with Gasteiger partial charge >= 0.3 is 0 Å². The van der Waals surface area contributed by atoms with Crippen molar-refractivity contribution in [1.82, 2.24) is 15.5 Å². The molecule has 1 saturated heterocycles. The third-order valence-electron chi connectivity index (χ3n) is 2.10. The molecule has 0 aromatic rings. The summed E-state index contributed by atoms with van der Waals surface area (Å²) in [5, 5.41) is 6.47. The molecule has 2 N–H and O–H groups in total. The summed E-state index contributed by atoms with van der Waals surface area (Å²) in [6, 6.07) is 0. The van der Waals surface area contributed by atoms with Gasteiger partial charge in [0.1, 0.15) is 0 Å². The quantitative estimate of drug-likeness (QED) is 0.536. The van der Waals surface area contributed by atoms with E-state index < -0.39 is 0 Å². The Hall–Kier alpha value is -0.700. The van der Waals surface area contributed by atoms with E-state index in [0.717, 1.165) is 0 Å². The van der Waals surface area contributed by atoms with Crippen molar-refractivity contribution in [3.63, 3.8) is 0 Å². The maximum atomic E-state index is 3.23. The minimum atomic E-state index is 0.377. The van der Waals surface area contributed by atoms with Crippen LogP contribution < -0.4 is 10.6 Å². The van der Waals surface area contributed by atoms with E-state index in [1.165, 1.54) is 25.9 Å². The topological polar surface area (TPSA) is 27.3 Å². The van der Waals surface area contributed by atoms with Crippen LogP contribution in [0, 0.1) is 0 Å². The van der Waals surface area contributed by atoms with Crippen LogP contribution in [0.3, 0.4) is 0 Å². The molecule has 2 rings (SSSR count). The Bertz CT molecular complexity index is 130. The number of hydrogen-bond acceptors (Lipinski definition) is 3. The summed E-state index contributed by atoms with van der Waals surface area (Å²) in [4.78, 5) is 2.42. The van der Waals surface area contributed by atoms with Gasteiger partial charge in [-0.15, -0.1) is 0 Å². The van der Waals surface area contributed by atoms with Gasteiger partial charge in [-0.05, 0) is 12.8 Å². The summed E-state index contributed by atoms with van der Waals surface area (Å²) >= 11 is 0. The molecule has 0 aromatic carbocycles. The smallest absolute Gasteiger partial charge is 0.154 e. The van der Waals surface area contributed by atoms with Gasteiger partial charge in [0.15, 0.2) is 6.29 Å². The van der Waals surface area contributed by atoms with E-state index >= 15 is 0 Å². The number of nitrogens with one attached hydrogen (secondary N) is 2. The third kappa shape index (κ3) is 0.968. The maximum absolute atomic E-state index is 3.23. The number of hydrogen-bond donors (Lipinski definition) is 2. The molecule has 0 amide bonds. The Morgan fingerprint density at radius 3 is 2.30 bits per heavy atom. The maximum Gasteiger partial charge on any atom is 0.154 e. The monoisotopic (exact) mass is 139 g/mol. The van der Waals surface area contributed by atoms with E-state index in [-0.39, 0.29) is 0 Å². The lowest BCUT2D eigenvalue weighted by atomic mass is 10.4. The first-order valence-electron chi connectivity index (χ1n) is 3.88. The Labute approximate surface area is 61.1 Å². The number of likely N-dealkylation sites (tertiary alicyclic amines) is 1. The summed E-state index contributed by atoms with van der Waals surface area (Å²) in [5.74, 6) is 0. The Balaban J connectivity index is 1.87. The van der Waals surface area contributed by atoms with Crippen LogP contribution in [0.5, 0.6) is 0 Å². The third-order valence-corrected chi connectivity index (χ3v) is 2.10. The summed E-state index contributed by atoms with van der Waals surface area (Å²) in [6.07, 6.45) is 6.99. The predicted octanol–water partition coefficient (Wildman–Crippen LogP) is 0.0298. The second-order valence-corrected chi connectivity index (χ2v) is 2.81. The lowest BCUT2D eigenvalue weighted by molar-refractivity contribution is 0.210. The molecule has 56 valence electrons. The van der Waals surface area contributed by atoms with Crippen LogP contribution >= 0.6 is 0 Å². The largest absolute Gasteiger partial charge is 0.358 e. The molecule has 3 nitrogen and oxygen atoms in total. The average molecular weight is 139 g/mol. The van der Waals surface area contributed by atoms with Gasteiger partial charge in [0.2, 0.25) is 0 Å². The number of nitrogens with zero attached hydrogens (tertiary/aromatic N) is 1. The van der Waals surface area contributed by atoms with Crippen molar-refractivity contribution in [2.24, 2.45) is 0 Å². The van der Waals surface area contributed by atoms with E-state index in [4.69, 9.17) is 0 Å². The molecule has 0 radical (unpaired) electrons. The molecule has 10 heavy (non-hydrogen) atoms. The van der Waals surface area contributed by atoms with Crippen LogP contribution in [0.15, 0.2) is 12.4 Å². The van der Waals surface area contributed by atoms with Crippen molar-refractivity contribution in [2.75, 3.05) is 13.1 Å². The minimum Gasteiger partial charge on any atom is -0.358 e.